The van der Waals surface area contributed by atoms with Gasteiger partial charge in [0.15, 0.2) is 16.7 Å². The van der Waals surface area contributed by atoms with Gasteiger partial charge in [0, 0.05) is 17.1 Å². The predicted octanol–water partition coefficient (Wildman–Crippen LogP) is 2.96. The molecule has 4 aromatic heterocycles. The van der Waals surface area contributed by atoms with Crippen LogP contribution in [-0.4, -0.2) is 30.5 Å². The summed E-state index contributed by atoms with van der Waals surface area (Å²) in [5, 5.41) is 13.6. The molecule has 0 aromatic carbocycles. The molecule has 1 N–H and O–H groups in total. The third kappa shape index (κ3) is 3.74. The number of aromatic nitrogens is 5. The van der Waals surface area contributed by atoms with Gasteiger partial charge in [-0.3, -0.25) is 9.59 Å². The van der Waals surface area contributed by atoms with E-state index in [1.165, 1.54) is 17.4 Å². The molecule has 0 aliphatic heterocycles. The normalized spacial score (nSPS) is 12.1. The van der Waals surface area contributed by atoms with Crippen molar-refractivity contribution >= 4 is 22.4 Å². The molecule has 29 heavy (non-hydrogen) atoms. The molecule has 0 spiro atoms. The third-order valence-electron chi connectivity index (χ3n) is 4.29. The summed E-state index contributed by atoms with van der Waals surface area (Å²) >= 11 is 1.27. The average molecular weight is 410 g/mol. The van der Waals surface area contributed by atoms with Gasteiger partial charge in [-0.05, 0) is 45.0 Å². The fraction of sp³-hybridized carbons (Fsp3) is 0.211. The molecule has 9 nitrogen and oxygen atoms in total. The van der Waals surface area contributed by atoms with E-state index in [-0.39, 0.29) is 5.56 Å². The monoisotopic (exact) mass is 410 g/mol. The summed E-state index contributed by atoms with van der Waals surface area (Å²) in [6.45, 7) is 5.38. The van der Waals surface area contributed by atoms with Crippen LogP contribution in [0.4, 0.5) is 5.13 Å². The Morgan fingerprint density at radius 2 is 2.07 bits per heavy atom. The Labute approximate surface area is 169 Å². The maximum Gasteiger partial charge on any atom is 0.267 e. The number of rotatable bonds is 5. The van der Waals surface area contributed by atoms with Gasteiger partial charge in [0.2, 0.25) is 0 Å². The van der Waals surface area contributed by atoms with Crippen LogP contribution >= 0.6 is 11.3 Å². The van der Waals surface area contributed by atoms with Crippen molar-refractivity contribution < 1.29 is 9.21 Å². The molecule has 1 unspecified atom stereocenters. The zero-order chi connectivity index (χ0) is 20.5. The second-order valence-electron chi connectivity index (χ2n) is 6.49. The first-order valence-electron chi connectivity index (χ1n) is 8.86. The molecule has 4 aromatic rings. The lowest BCUT2D eigenvalue weighted by Crippen LogP contribution is -2.33. The van der Waals surface area contributed by atoms with Crippen LogP contribution in [0.15, 0.2) is 51.2 Å². The van der Waals surface area contributed by atoms with Gasteiger partial charge < -0.3 is 9.73 Å². The van der Waals surface area contributed by atoms with Crippen LogP contribution in [0.2, 0.25) is 0 Å². The number of nitrogens with zero attached hydrogens (tertiary/aromatic N) is 5. The fourth-order valence-electron chi connectivity index (χ4n) is 2.86. The molecular formula is C19H18N6O3S. The van der Waals surface area contributed by atoms with Gasteiger partial charge in [0.05, 0.1) is 12.0 Å². The number of furan rings is 1. The smallest absolute Gasteiger partial charge is 0.267 e. The minimum Gasteiger partial charge on any atom is -0.463 e. The minimum atomic E-state index is -0.838. The van der Waals surface area contributed by atoms with Crippen molar-refractivity contribution in [3.63, 3.8) is 0 Å². The summed E-state index contributed by atoms with van der Waals surface area (Å²) in [4.78, 5) is 29.3. The third-order valence-corrected chi connectivity index (χ3v) is 5.05. The summed E-state index contributed by atoms with van der Waals surface area (Å²) in [7, 11) is 0. The topological polar surface area (TPSA) is 108 Å². The first-order valence-corrected chi connectivity index (χ1v) is 9.74. The first kappa shape index (κ1) is 18.8. The summed E-state index contributed by atoms with van der Waals surface area (Å²) in [6, 6.07) is 7.59. The Balaban J connectivity index is 1.56. The Morgan fingerprint density at radius 1 is 1.24 bits per heavy atom. The number of hydrogen-bond acceptors (Lipinski definition) is 7. The largest absolute Gasteiger partial charge is 0.463 e. The van der Waals surface area contributed by atoms with E-state index in [0.717, 1.165) is 16.1 Å². The first-order chi connectivity index (χ1) is 13.9. The second kappa shape index (κ2) is 7.47. The van der Waals surface area contributed by atoms with Crippen LogP contribution in [0.1, 0.15) is 24.4 Å². The molecule has 1 amide bonds. The number of carbonyl (C=O) groups is 1. The zero-order valence-corrected chi connectivity index (χ0v) is 16.8. The van der Waals surface area contributed by atoms with Crippen molar-refractivity contribution in [1.29, 1.82) is 0 Å². The highest BCUT2D eigenvalue weighted by atomic mass is 32.1. The van der Waals surface area contributed by atoms with Crippen LogP contribution in [-0.2, 0) is 4.79 Å². The number of anilines is 1. The van der Waals surface area contributed by atoms with Crippen LogP contribution in [0.25, 0.3) is 17.3 Å². The Bertz CT molecular complexity index is 1220. The molecule has 0 aliphatic carbocycles. The van der Waals surface area contributed by atoms with Gasteiger partial charge in [-0.15, -0.1) is 16.4 Å². The van der Waals surface area contributed by atoms with Gasteiger partial charge in [-0.2, -0.15) is 5.10 Å². The number of carbonyl (C=O) groups excluding carboxylic acids is 1. The molecule has 0 saturated carbocycles. The van der Waals surface area contributed by atoms with Crippen LogP contribution in [0.5, 0.6) is 0 Å². The maximum atomic E-state index is 12.7. The quantitative estimate of drug-likeness (QED) is 0.542. The highest BCUT2D eigenvalue weighted by Crippen LogP contribution is 2.25. The van der Waals surface area contributed by atoms with E-state index in [4.69, 9.17) is 4.42 Å². The van der Waals surface area contributed by atoms with E-state index in [1.807, 2.05) is 19.9 Å². The SMILES string of the molecule is Cc1cc(C)n(-c2ccc(=O)n(C(C)C(=O)Nc3nc(-c4ccco4)cs3)n2)n1. The van der Waals surface area contributed by atoms with E-state index in [0.29, 0.717) is 22.4 Å². The number of amides is 1. The van der Waals surface area contributed by atoms with Crippen molar-refractivity contribution in [1.82, 2.24) is 24.5 Å². The van der Waals surface area contributed by atoms with Crippen molar-refractivity contribution in [2.75, 3.05) is 5.32 Å². The number of nitrogens with one attached hydrogen (secondary N) is 1. The molecule has 148 valence electrons. The van der Waals surface area contributed by atoms with Crippen molar-refractivity contribution in [3.05, 3.63) is 63.7 Å². The molecule has 0 fully saturated rings. The van der Waals surface area contributed by atoms with Crippen molar-refractivity contribution in [3.8, 4) is 17.3 Å². The minimum absolute atomic E-state index is 0.381. The molecule has 4 rings (SSSR count). The molecule has 1 atom stereocenters. The summed E-state index contributed by atoms with van der Waals surface area (Å²) < 4.78 is 8.08. The highest BCUT2D eigenvalue weighted by molar-refractivity contribution is 7.14. The lowest BCUT2D eigenvalue weighted by molar-refractivity contribution is -0.119. The van der Waals surface area contributed by atoms with Gasteiger partial charge in [-0.1, -0.05) is 0 Å². The number of aryl methyl sites for hydroxylation is 2. The van der Waals surface area contributed by atoms with Crippen LogP contribution in [0.3, 0.4) is 0 Å². The summed E-state index contributed by atoms with van der Waals surface area (Å²) in [6.07, 6.45) is 1.56. The summed E-state index contributed by atoms with van der Waals surface area (Å²) in [5.74, 6) is 0.680. The van der Waals surface area contributed by atoms with E-state index in [1.54, 1.807) is 41.4 Å². The lowest BCUT2D eigenvalue weighted by Gasteiger charge is -2.14. The molecule has 0 aliphatic rings. The van der Waals surface area contributed by atoms with E-state index >= 15 is 0 Å². The van der Waals surface area contributed by atoms with E-state index < -0.39 is 11.9 Å². The maximum absolute atomic E-state index is 12.7. The Morgan fingerprint density at radius 3 is 2.76 bits per heavy atom. The summed E-state index contributed by atoms with van der Waals surface area (Å²) in [5.41, 5.74) is 1.97. The van der Waals surface area contributed by atoms with Crippen molar-refractivity contribution in [2.24, 2.45) is 0 Å². The van der Waals surface area contributed by atoms with Crippen molar-refractivity contribution in [2.45, 2.75) is 26.8 Å². The van der Waals surface area contributed by atoms with Gasteiger partial charge in [-0.25, -0.2) is 14.3 Å². The van der Waals surface area contributed by atoms with Crippen LogP contribution in [0, 0.1) is 13.8 Å². The Kier molecular flexibility index (Phi) is 4.85. The molecule has 0 saturated heterocycles. The van der Waals surface area contributed by atoms with E-state index in [9.17, 15) is 9.59 Å². The van der Waals surface area contributed by atoms with Gasteiger partial charge >= 0.3 is 0 Å². The molecule has 0 bridgehead atoms. The second-order valence-corrected chi connectivity index (χ2v) is 7.35. The standard InChI is InChI=1S/C19H18N6O3S/c1-11-9-12(2)24(22-11)16-6-7-17(26)25(23-16)13(3)18(27)21-19-20-14(10-29-19)15-5-4-8-28-15/h4-10,13H,1-3H3,(H,20,21,27). The molecule has 4 heterocycles. The van der Waals surface area contributed by atoms with Crippen LogP contribution < -0.4 is 10.9 Å². The average Bonchev–Trinajstić information content (AvgIpc) is 3.43. The number of hydrogen-bond donors (Lipinski definition) is 1. The predicted molar refractivity (Wildman–Crippen MR) is 108 cm³/mol. The zero-order valence-electron chi connectivity index (χ0n) is 16.0. The Hall–Kier alpha value is -3.53. The number of thiazole rings is 1. The molecule has 0 radical (unpaired) electrons. The van der Waals surface area contributed by atoms with E-state index in [2.05, 4.69) is 20.5 Å². The van der Waals surface area contributed by atoms with Gasteiger partial charge in [0.25, 0.3) is 11.5 Å². The fourth-order valence-corrected chi connectivity index (χ4v) is 3.56. The van der Waals surface area contributed by atoms with Gasteiger partial charge in [0.1, 0.15) is 11.7 Å². The molecule has 10 heteroatoms. The lowest BCUT2D eigenvalue weighted by atomic mass is 10.3. The molecular weight excluding hydrogens is 392 g/mol. The highest BCUT2D eigenvalue weighted by Gasteiger charge is 2.20.